The minimum absolute atomic E-state index is 0.245. The Morgan fingerprint density at radius 1 is 1.21 bits per heavy atom. The first-order valence-electron chi connectivity index (χ1n) is 7.04. The number of amides is 1. The van der Waals surface area contributed by atoms with E-state index in [1.54, 1.807) is 7.11 Å². The molecule has 0 aromatic rings. The molecule has 2 N–H and O–H groups in total. The predicted molar refractivity (Wildman–Crippen MR) is 77.4 cm³/mol. The van der Waals surface area contributed by atoms with Crippen molar-refractivity contribution in [1.82, 2.24) is 10.6 Å². The number of carbonyl (C=O) groups excluding carboxylic acids is 1. The molecule has 5 nitrogen and oxygen atoms in total. The first kappa shape index (κ1) is 18.2. The third-order valence-electron chi connectivity index (χ3n) is 2.47. The minimum atomic E-state index is -0.442. The van der Waals surface area contributed by atoms with E-state index in [4.69, 9.17) is 9.47 Å². The molecule has 0 saturated carbocycles. The van der Waals surface area contributed by atoms with Crippen molar-refractivity contribution in [3.8, 4) is 0 Å². The molecule has 0 aliphatic carbocycles. The molecule has 0 heterocycles. The average Bonchev–Trinajstić information content (AvgIpc) is 2.29. The third-order valence-corrected chi connectivity index (χ3v) is 2.47. The molecule has 0 aliphatic rings. The Morgan fingerprint density at radius 3 is 2.47 bits per heavy atom. The van der Waals surface area contributed by atoms with E-state index in [9.17, 15) is 4.79 Å². The van der Waals surface area contributed by atoms with Crippen LogP contribution in [-0.4, -0.2) is 44.5 Å². The molecule has 1 amide bonds. The molecule has 0 spiro atoms. The first-order valence-corrected chi connectivity index (χ1v) is 7.04. The van der Waals surface area contributed by atoms with Crippen molar-refractivity contribution in [2.75, 3.05) is 26.8 Å². The lowest BCUT2D eigenvalue weighted by Crippen LogP contribution is -2.41. The van der Waals surface area contributed by atoms with Gasteiger partial charge in [-0.15, -0.1) is 0 Å². The van der Waals surface area contributed by atoms with E-state index in [1.807, 2.05) is 27.7 Å². The van der Waals surface area contributed by atoms with E-state index in [0.29, 0.717) is 6.54 Å². The summed E-state index contributed by atoms with van der Waals surface area (Å²) in [6.07, 6.45) is 3.02. The van der Waals surface area contributed by atoms with Crippen LogP contribution in [-0.2, 0) is 9.47 Å². The lowest BCUT2D eigenvalue weighted by molar-refractivity contribution is 0.0523. The topological polar surface area (TPSA) is 59.6 Å². The highest BCUT2D eigenvalue weighted by Crippen LogP contribution is 2.06. The number of hydrogen-bond acceptors (Lipinski definition) is 4. The number of hydrogen-bond donors (Lipinski definition) is 2. The number of carbonyl (C=O) groups is 1. The molecular weight excluding hydrogens is 244 g/mol. The van der Waals surface area contributed by atoms with Gasteiger partial charge in [-0.05, 0) is 53.5 Å². The molecular formula is C14H30N2O3. The van der Waals surface area contributed by atoms with Crippen molar-refractivity contribution < 1.29 is 14.3 Å². The minimum Gasteiger partial charge on any atom is -0.444 e. The summed E-state index contributed by atoms with van der Waals surface area (Å²) < 4.78 is 10.2. The summed E-state index contributed by atoms with van der Waals surface area (Å²) in [6.45, 7) is 9.98. The van der Waals surface area contributed by atoms with Crippen LogP contribution in [0, 0.1) is 0 Å². The molecule has 0 saturated heterocycles. The fourth-order valence-electron chi connectivity index (χ4n) is 1.52. The maximum Gasteiger partial charge on any atom is 0.407 e. The van der Waals surface area contributed by atoms with Crippen LogP contribution in [0.25, 0.3) is 0 Å². The van der Waals surface area contributed by atoms with E-state index >= 15 is 0 Å². The van der Waals surface area contributed by atoms with Crippen molar-refractivity contribution >= 4 is 6.09 Å². The van der Waals surface area contributed by atoms with Crippen LogP contribution in [0.3, 0.4) is 0 Å². The SMILES string of the molecule is COCCCCCNC(C)CNC(=O)OC(C)(C)C. The molecule has 0 aromatic carbocycles. The quantitative estimate of drug-likeness (QED) is 0.633. The van der Waals surface area contributed by atoms with E-state index in [0.717, 1.165) is 32.4 Å². The normalized spacial score (nSPS) is 13.1. The van der Waals surface area contributed by atoms with Gasteiger partial charge in [0.2, 0.25) is 0 Å². The second-order valence-electron chi connectivity index (χ2n) is 5.79. The van der Waals surface area contributed by atoms with Crippen LogP contribution < -0.4 is 10.6 Å². The Balaban J connectivity index is 3.48. The van der Waals surface area contributed by atoms with Crippen molar-refractivity contribution in [1.29, 1.82) is 0 Å². The second kappa shape index (κ2) is 10.0. The highest BCUT2D eigenvalue weighted by molar-refractivity contribution is 5.67. The van der Waals surface area contributed by atoms with Crippen LogP contribution in [0.5, 0.6) is 0 Å². The number of rotatable bonds is 9. The molecule has 0 rings (SSSR count). The number of unbranched alkanes of at least 4 members (excludes halogenated alkanes) is 2. The Morgan fingerprint density at radius 2 is 1.89 bits per heavy atom. The lowest BCUT2D eigenvalue weighted by atomic mass is 10.2. The van der Waals surface area contributed by atoms with Gasteiger partial charge in [-0.2, -0.15) is 0 Å². The fraction of sp³-hybridized carbons (Fsp3) is 0.929. The van der Waals surface area contributed by atoms with E-state index in [-0.39, 0.29) is 12.1 Å². The zero-order valence-electron chi connectivity index (χ0n) is 13.0. The first-order chi connectivity index (χ1) is 8.85. The monoisotopic (exact) mass is 274 g/mol. The maximum absolute atomic E-state index is 11.4. The molecule has 1 unspecified atom stereocenters. The van der Waals surface area contributed by atoms with Gasteiger partial charge in [-0.25, -0.2) is 4.79 Å². The van der Waals surface area contributed by atoms with Crippen LogP contribution in [0.1, 0.15) is 47.0 Å². The summed E-state index contributed by atoms with van der Waals surface area (Å²) in [6, 6.07) is 0.245. The highest BCUT2D eigenvalue weighted by Gasteiger charge is 2.16. The van der Waals surface area contributed by atoms with Gasteiger partial charge in [0.25, 0.3) is 0 Å². The van der Waals surface area contributed by atoms with Crippen LogP contribution in [0.2, 0.25) is 0 Å². The van der Waals surface area contributed by atoms with Gasteiger partial charge in [0, 0.05) is 26.3 Å². The summed E-state index contributed by atoms with van der Waals surface area (Å²) in [5.74, 6) is 0. The van der Waals surface area contributed by atoms with Gasteiger partial charge in [0.1, 0.15) is 5.60 Å². The molecule has 114 valence electrons. The molecule has 0 aliphatic heterocycles. The number of methoxy groups -OCH3 is 1. The molecule has 5 heteroatoms. The van der Waals surface area contributed by atoms with E-state index in [1.165, 1.54) is 0 Å². The Bertz CT molecular complexity index is 239. The lowest BCUT2D eigenvalue weighted by Gasteiger charge is -2.21. The van der Waals surface area contributed by atoms with Gasteiger partial charge in [-0.3, -0.25) is 0 Å². The average molecular weight is 274 g/mol. The van der Waals surface area contributed by atoms with Crippen LogP contribution in [0.4, 0.5) is 4.79 Å². The number of ether oxygens (including phenoxy) is 2. The van der Waals surface area contributed by atoms with Crippen molar-refractivity contribution in [2.45, 2.75) is 58.6 Å². The maximum atomic E-state index is 11.4. The summed E-state index contributed by atoms with van der Waals surface area (Å²) in [7, 11) is 1.72. The van der Waals surface area contributed by atoms with Gasteiger partial charge in [0.15, 0.2) is 0 Å². The second-order valence-corrected chi connectivity index (χ2v) is 5.79. The smallest absolute Gasteiger partial charge is 0.407 e. The largest absolute Gasteiger partial charge is 0.444 e. The summed E-state index contributed by atoms with van der Waals surface area (Å²) in [5, 5.41) is 6.12. The van der Waals surface area contributed by atoms with Crippen LogP contribution >= 0.6 is 0 Å². The van der Waals surface area contributed by atoms with Gasteiger partial charge in [0.05, 0.1) is 0 Å². The molecule has 1 atom stereocenters. The summed E-state index contributed by atoms with van der Waals surface area (Å²) >= 11 is 0. The van der Waals surface area contributed by atoms with E-state index < -0.39 is 5.60 Å². The fourth-order valence-corrected chi connectivity index (χ4v) is 1.52. The third kappa shape index (κ3) is 13.4. The van der Waals surface area contributed by atoms with Crippen molar-refractivity contribution in [3.05, 3.63) is 0 Å². The number of nitrogens with one attached hydrogen (secondary N) is 2. The molecule has 0 radical (unpaired) electrons. The molecule has 0 bridgehead atoms. The van der Waals surface area contributed by atoms with Gasteiger partial charge < -0.3 is 20.1 Å². The van der Waals surface area contributed by atoms with Crippen molar-refractivity contribution in [2.24, 2.45) is 0 Å². The van der Waals surface area contributed by atoms with Gasteiger partial charge in [-0.1, -0.05) is 0 Å². The Labute approximate surface area is 117 Å². The molecule has 0 aromatic heterocycles. The van der Waals surface area contributed by atoms with Crippen molar-refractivity contribution in [3.63, 3.8) is 0 Å². The highest BCUT2D eigenvalue weighted by atomic mass is 16.6. The Kier molecular flexibility index (Phi) is 9.61. The van der Waals surface area contributed by atoms with Gasteiger partial charge >= 0.3 is 6.09 Å². The Hall–Kier alpha value is -0.810. The standard InChI is InChI=1S/C14H30N2O3/c1-12(15-9-7-6-8-10-18-5)11-16-13(17)19-14(2,3)4/h12,15H,6-11H2,1-5H3,(H,16,17). The molecule has 0 fully saturated rings. The summed E-state index contributed by atoms with van der Waals surface area (Å²) in [4.78, 5) is 11.4. The zero-order chi connectivity index (χ0) is 14.7. The zero-order valence-corrected chi connectivity index (χ0v) is 13.0. The molecule has 19 heavy (non-hydrogen) atoms. The predicted octanol–water partition coefficient (Wildman–Crippen LogP) is 2.31. The number of alkyl carbamates (subject to hydrolysis) is 1. The summed E-state index contributed by atoms with van der Waals surface area (Å²) in [5.41, 5.74) is -0.442. The van der Waals surface area contributed by atoms with Crippen LogP contribution in [0.15, 0.2) is 0 Å². The van der Waals surface area contributed by atoms with E-state index in [2.05, 4.69) is 10.6 Å².